The summed E-state index contributed by atoms with van der Waals surface area (Å²) in [6, 6.07) is -0.739. The maximum atomic E-state index is 12.7. The number of allylic oxidation sites excluding steroid dienone is 14. The summed E-state index contributed by atoms with van der Waals surface area (Å²) in [6.45, 7) is 4.44. The number of ether oxygens (including phenoxy) is 3. The fourth-order valence-corrected chi connectivity index (χ4v) is 5.83. The molecule has 57 heavy (non-hydrogen) atoms. The van der Waals surface area contributed by atoms with Crippen molar-refractivity contribution in [2.75, 3.05) is 41.0 Å². The smallest absolute Gasteiger partial charge is 0.306 e. The van der Waals surface area contributed by atoms with Gasteiger partial charge >= 0.3 is 11.9 Å². The van der Waals surface area contributed by atoms with E-state index in [4.69, 9.17) is 14.2 Å². The van der Waals surface area contributed by atoms with Gasteiger partial charge in [0.25, 0.3) is 0 Å². The molecule has 0 heterocycles. The average molecular weight is 796 g/mol. The number of hydrogen-bond acceptors (Lipinski definition) is 7. The van der Waals surface area contributed by atoms with Crippen LogP contribution in [-0.4, -0.2) is 75.5 Å². The van der Waals surface area contributed by atoms with Gasteiger partial charge in [-0.25, -0.2) is 0 Å². The Hall–Kier alpha value is -3.49. The monoisotopic (exact) mass is 796 g/mol. The second kappa shape index (κ2) is 39.3. The first-order valence-electron chi connectivity index (χ1n) is 22.1. The van der Waals surface area contributed by atoms with Gasteiger partial charge in [0.05, 0.1) is 40.3 Å². The average Bonchev–Trinajstić information content (AvgIpc) is 3.17. The second-order valence-corrected chi connectivity index (χ2v) is 15.5. The van der Waals surface area contributed by atoms with Gasteiger partial charge in [0.15, 0.2) is 6.10 Å². The number of quaternary nitrogens is 1. The van der Waals surface area contributed by atoms with E-state index in [9.17, 15) is 19.5 Å². The van der Waals surface area contributed by atoms with E-state index in [1.165, 1.54) is 25.7 Å². The van der Waals surface area contributed by atoms with Crippen LogP contribution in [0.1, 0.15) is 155 Å². The number of hydrogen-bond donors (Lipinski definition) is 0. The van der Waals surface area contributed by atoms with Crippen molar-refractivity contribution in [3.63, 3.8) is 0 Å². The molecule has 0 radical (unpaired) electrons. The maximum absolute atomic E-state index is 12.7. The van der Waals surface area contributed by atoms with Gasteiger partial charge in [0, 0.05) is 19.3 Å². The normalized spacial score (nSPS) is 13.8. The third-order valence-electron chi connectivity index (χ3n) is 9.27. The zero-order valence-corrected chi connectivity index (χ0v) is 36.7. The van der Waals surface area contributed by atoms with Crippen molar-refractivity contribution in [2.24, 2.45) is 0 Å². The van der Waals surface area contributed by atoms with Gasteiger partial charge in [-0.05, 0) is 89.9 Å². The van der Waals surface area contributed by atoms with Crippen LogP contribution in [0.25, 0.3) is 0 Å². The van der Waals surface area contributed by atoms with Gasteiger partial charge in [-0.3, -0.25) is 9.59 Å². The first-order chi connectivity index (χ1) is 27.6. The van der Waals surface area contributed by atoms with Crippen LogP contribution in [-0.2, 0) is 28.6 Å². The molecule has 2 atom stereocenters. The molecule has 0 aromatic heterocycles. The Morgan fingerprint density at radius 1 is 0.544 bits per heavy atom. The third-order valence-corrected chi connectivity index (χ3v) is 9.27. The highest BCUT2D eigenvalue weighted by Crippen LogP contribution is 2.12. The van der Waals surface area contributed by atoms with Crippen LogP contribution in [0.3, 0.4) is 0 Å². The fourth-order valence-electron chi connectivity index (χ4n) is 5.83. The highest BCUT2D eigenvalue weighted by atomic mass is 16.6. The number of carboxylic acids is 1. The number of rotatable bonds is 38. The number of likely N-dealkylation sites (N-methyl/N-ethyl adjacent to an activating group) is 1. The van der Waals surface area contributed by atoms with Crippen molar-refractivity contribution in [1.82, 2.24) is 0 Å². The minimum atomic E-state index is -1.14. The molecule has 0 aliphatic carbocycles. The van der Waals surface area contributed by atoms with E-state index < -0.39 is 18.1 Å². The lowest BCUT2D eigenvalue weighted by atomic mass is 10.1. The molecule has 8 nitrogen and oxygen atoms in total. The molecule has 0 aliphatic heterocycles. The van der Waals surface area contributed by atoms with Gasteiger partial charge in [0.2, 0.25) is 0 Å². The molecule has 0 saturated carbocycles. The van der Waals surface area contributed by atoms with Crippen molar-refractivity contribution in [3.8, 4) is 0 Å². The molecule has 0 aromatic carbocycles. The molecule has 0 bridgehead atoms. The minimum absolute atomic E-state index is 0.0158. The van der Waals surface area contributed by atoms with Gasteiger partial charge in [-0.1, -0.05) is 131 Å². The summed E-state index contributed by atoms with van der Waals surface area (Å²) in [4.78, 5) is 36.8. The number of carbonyl (C=O) groups excluding carboxylic acids is 3. The number of carboxylic acid groups (broad SMARTS) is 1. The molecule has 0 fully saturated rings. The first kappa shape index (κ1) is 53.5. The van der Waals surface area contributed by atoms with Gasteiger partial charge < -0.3 is 28.6 Å². The van der Waals surface area contributed by atoms with Gasteiger partial charge in [0.1, 0.15) is 12.6 Å². The molecule has 0 spiro atoms. The maximum Gasteiger partial charge on any atom is 0.306 e. The summed E-state index contributed by atoms with van der Waals surface area (Å²) in [5.41, 5.74) is 0. The molecule has 2 unspecified atom stereocenters. The van der Waals surface area contributed by atoms with E-state index in [1.54, 1.807) is 21.1 Å². The van der Waals surface area contributed by atoms with Crippen LogP contribution < -0.4 is 5.11 Å². The summed E-state index contributed by atoms with van der Waals surface area (Å²) < 4.78 is 17.1. The summed E-state index contributed by atoms with van der Waals surface area (Å²) >= 11 is 0. The van der Waals surface area contributed by atoms with Crippen LogP contribution in [0.2, 0.25) is 0 Å². The lowest BCUT2D eigenvalue weighted by Gasteiger charge is -2.34. The van der Waals surface area contributed by atoms with Gasteiger partial charge in [-0.15, -0.1) is 0 Å². The van der Waals surface area contributed by atoms with E-state index in [0.717, 1.165) is 89.9 Å². The number of carbonyl (C=O) groups is 3. The third kappa shape index (κ3) is 37.8. The van der Waals surface area contributed by atoms with E-state index in [-0.39, 0.29) is 55.5 Å². The van der Waals surface area contributed by atoms with Crippen molar-refractivity contribution in [3.05, 3.63) is 85.1 Å². The van der Waals surface area contributed by atoms with E-state index in [2.05, 4.69) is 98.9 Å². The summed E-state index contributed by atoms with van der Waals surface area (Å²) in [6.07, 6.45) is 50.4. The molecule has 0 aliphatic rings. The van der Waals surface area contributed by atoms with Crippen molar-refractivity contribution in [1.29, 1.82) is 0 Å². The predicted molar refractivity (Wildman–Crippen MR) is 235 cm³/mol. The molecular formula is C49H81NO7. The topological polar surface area (TPSA) is 102 Å². The summed E-state index contributed by atoms with van der Waals surface area (Å²) in [7, 11) is 5.37. The molecular weight excluding hydrogens is 715 g/mol. The van der Waals surface area contributed by atoms with E-state index in [1.807, 2.05) is 0 Å². The molecule has 0 amide bonds. The molecule has 0 rings (SSSR count). The molecule has 324 valence electrons. The van der Waals surface area contributed by atoms with Crippen LogP contribution in [0.4, 0.5) is 0 Å². The van der Waals surface area contributed by atoms with Gasteiger partial charge in [-0.2, -0.15) is 0 Å². The number of aliphatic carboxylic acids is 1. The standard InChI is InChI=1S/C49H81NO7/c1-6-8-10-12-14-16-18-20-21-22-23-24-25-26-27-28-30-31-33-35-37-39-47(51)56-44-45(43-55-42-41-46(49(53)54)50(3,4)5)57-48(52)40-38-36-34-32-29-19-17-15-13-11-9-7-2/h9,11,14-17,20-21,23-24,26-27,30-31,45-46H,6-8,10,12-13,18-19,22,25,28-29,32-44H2,1-5H3/b11-9+,16-14+,17-15+,21-20+,24-23+,27-26+,31-30+. The lowest BCUT2D eigenvalue weighted by Crippen LogP contribution is -2.55. The summed E-state index contributed by atoms with van der Waals surface area (Å²) in [5, 5.41) is 11.6. The fraction of sp³-hybridized carbons (Fsp3) is 0.653. The largest absolute Gasteiger partial charge is 0.544 e. The Kier molecular flexibility index (Phi) is 36.9. The molecule has 0 N–H and O–H groups in total. The van der Waals surface area contributed by atoms with Crippen molar-refractivity contribution < 1.29 is 38.2 Å². The van der Waals surface area contributed by atoms with Crippen LogP contribution >= 0.6 is 0 Å². The predicted octanol–water partition coefficient (Wildman–Crippen LogP) is 10.8. The summed E-state index contributed by atoms with van der Waals surface area (Å²) in [5.74, 6) is -1.82. The molecule has 0 aromatic rings. The number of unbranched alkanes of at least 4 members (excludes halogenated alkanes) is 10. The van der Waals surface area contributed by atoms with Crippen LogP contribution in [0.15, 0.2) is 85.1 Å². The Bertz CT molecular complexity index is 1200. The number of nitrogens with zero attached hydrogens (tertiary/aromatic N) is 1. The quantitative estimate of drug-likeness (QED) is 0.0265. The van der Waals surface area contributed by atoms with Crippen LogP contribution in [0.5, 0.6) is 0 Å². The Morgan fingerprint density at radius 2 is 0.982 bits per heavy atom. The second-order valence-electron chi connectivity index (χ2n) is 15.5. The minimum Gasteiger partial charge on any atom is -0.544 e. The first-order valence-corrected chi connectivity index (χ1v) is 22.1. The Labute approximate surface area is 348 Å². The van der Waals surface area contributed by atoms with E-state index >= 15 is 0 Å². The Morgan fingerprint density at radius 3 is 1.49 bits per heavy atom. The SMILES string of the molecule is CC/C=C/C/C=C/CCCCCCCC(=O)OC(COCCC(C(=O)[O-])[N+](C)(C)C)COC(=O)CCCC/C=C/C/C=C/C/C=C/C/C=C/C/C=C/CCCCC. The van der Waals surface area contributed by atoms with Crippen LogP contribution in [0, 0.1) is 0 Å². The highest BCUT2D eigenvalue weighted by Gasteiger charge is 2.25. The van der Waals surface area contributed by atoms with Crippen molar-refractivity contribution in [2.45, 2.75) is 167 Å². The zero-order chi connectivity index (χ0) is 42.1. The van der Waals surface area contributed by atoms with Crippen molar-refractivity contribution >= 4 is 17.9 Å². The molecule has 0 saturated heterocycles. The molecule has 8 heteroatoms. The Balaban J connectivity index is 4.42. The highest BCUT2D eigenvalue weighted by molar-refractivity contribution is 5.70. The number of esters is 2. The lowest BCUT2D eigenvalue weighted by molar-refractivity contribution is -0.889. The van der Waals surface area contributed by atoms with E-state index in [0.29, 0.717) is 6.42 Å². The zero-order valence-electron chi connectivity index (χ0n) is 36.7.